The van der Waals surface area contributed by atoms with Crippen LogP contribution >= 0.6 is 0 Å². The third-order valence-electron chi connectivity index (χ3n) is 6.31. The molecule has 3 rings (SSSR count). The van der Waals surface area contributed by atoms with Gasteiger partial charge in [-0.05, 0) is 72.6 Å². The van der Waals surface area contributed by atoms with Gasteiger partial charge < -0.3 is 4.74 Å². The average molecular weight is 461 g/mol. The Balaban J connectivity index is 1.71. The molecule has 0 fully saturated rings. The van der Waals surface area contributed by atoms with Crippen LogP contribution in [0.15, 0.2) is 72.8 Å². The largest absolute Gasteiger partial charge is 0.424 e. The Labute approximate surface area is 204 Å². The van der Waals surface area contributed by atoms with Crippen LogP contribution in [0, 0.1) is 0 Å². The second-order valence-electron chi connectivity index (χ2n) is 9.27. The zero-order valence-corrected chi connectivity index (χ0v) is 20.8. The van der Waals surface area contributed by atoms with Crippen LogP contribution in [0.2, 0.25) is 0 Å². The predicted molar refractivity (Wildman–Crippen MR) is 140 cm³/mol. The number of rotatable bonds is 12. The molecule has 3 aromatic carbocycles. The van der Waals surface area contributed by atoms with Gasteiger partial charge in [0.1, 0.15) is 5.75 Å². The van der Waals surface area contributed by atoms with Crippen LogP contribution in [-0.2, 0) is 11.2 Å². The number of hydrogen-bond acceptors (Lipinski definition) is 2. The smallest absolute Gasteiger partial charge is 0.348 e. The van der Waals surface area contributed by atoms with E-state index in [4.69, 9.17) is 4.74 Å². The number of halogens is 1. The topological polar surface area (TPSA) is 26.3 Å². The van der Waals surface area contributed by atoms with E-state index in [-0.39, 0.29) is 6.42 Å². The highest BCUT2D eigenvalue weighted by Crippen LogP contribution is 2.33. The van der Waals surface area contributed by atoms with E-state index in [0.717, 1.165) is 42.4 Å². The molecule has 3 heteroatoms. The summed E-state index contributed by atoms with van der Waals surface area (Å²) in [6.45, 7) is 5.64. The Morgan fingerprint density at radius 1 is 0.765 bits per heavy atom. The third-order valence-corrected chi connectivity index (χ3v) is 6.31. The van der Waals surface area contributed by atoms with Crippen molar-refractivity contribution in [2.45, 2.75) is 77.8 Å². The Bertz CT molecular complexity index is 1040. The number of carbonyl (C=O) groups is 1. The first-order chi connectivity index (χ1) is 16.4. The SMILES string of the molecule is CCCCCCC(C)(F)C(=O)Oc1ccc(-c2ccccc2-c2ccc(CCCC)cc2)cc1. The Morgan fingerprint density at radius 2 is 1.32 bits per heavy atom. The molecule has 0 aliphatic carbocycles. The highest BCUT2D eigenvalue weighted by Gasteiger charge is 2.34. The minimum atomic E-state index is -1.97. The maximum atomic E-state index is 14.8. The number of alkyl halides is 1. The second kappa shape index (κ2) is 12.5. The molecule has 3 aromatic rings. The average Bonchev–Trinajstić information content (AvgIpc) is 2.86. The van der Waals surface area contributed by atoms with Crippen LogP contribution < -0.4 is 4.74 Å². The number of hydrogen-bond donors (Lipinski definition) is 0. The fourth-order valence-electron chi connectivity index (χ4n) is 4.12. The number of unbranched alkanes of at least 4 members (excludes halogenated alkanes) is 4. The van der Waals surface area contributed by atoms with E-state index >= 15 is 0 Å². The van der Waals surface area contributed by atoms with Crippen molar-refractivity contribution in [1.82, 2.24) is 0 Å². The summed E-state index contributed by atoms with van der Waals surface area (Å²) in [6.07, 6.45) is 7.44. The lowest BCUT2D eigenvalue weighted by atomic mass is 9.93. The lowest BCUT2D eigenvalue weighted by molar-refractivity contribution is -0.147. The molecule has 1 unspecified atom stereocenters. The van der Waals surface area contributed by atoms with E-state index in [9.17, 15) is 9.18 Å². The quantitative estimate of drug-likeness (QED) is 0.153. The summed E-state index contributed by atoms with van der Waals surface area (Å²) in [5.41, 5.74) is 3.84. The van der Waals surface area contributed by atoms with Crippen molar-refractivity contribution in [2.75, 3.05) is 0 Å². The van der Waals surface area contributed by atoms with Crippen LogP contribution in [-0.4, -0.2) is 11.6 Å². The summed E-state index contributed by atoms with van der Waals surface area (Å²) < 4.78 is 20.2. The van der Waals surface area contributed by atoms with Crippen molar-refractivity contribution in [3.63, 3.8) is 0 Å². The lowest BCUT2D eigenvalue weighted by Gasteiger charge is -2.18. The molecule has 0 aliphatic rings. The first-order valence-corrected chi connectivity index (χ1v) is 12.6. The summed E-state index contributed by atoms with van der Waals surface area (Å²) in [5, 5.41) is 0. The van der Waals surface area contributed by atoms with Crippen LogP contribution in [0.4, 0.5) is 4.39 Å². The van der Waals surface area contributed by atoms with Crippen molar-refractivity contribution in [1.29, 1.82) is 0 Å². The highest BCUT2D eigenvalue weighted by molar-refractivity contribution is 5.84. The van der Waals surface area contributed by atoms with Gasteiger partial charge in [0.2, 0.25) is 5.67 Å². The Morgan fingerprint density at radius 3 is 1.88 bits per heavy atom. The number of esters is 1. The molecule has 0 saturated carbocycles. The molecule has 0 amide bonds. The first kappa shape index (κ1) is 25.7. The number of carbonyl (C=O) groups excluding carboxylic acids is 1. The fraction of sp³-hybridized carbons (Fsp3) is 0.387. The van der Waals surface area contributed by atoms with E-state index in [1.165, 1.54) is 30.9 Å². The molecule has 0 aliphatic heterocycles. The molecule has 0 aromatic heterocycles. The van der Waals surface area contributed by atoms with Gasteiger partial charge in [-0.1, -0.05) is 100 Å². The summed E-state index contributed by atoms with van der Waals surface area (Å²) >= 11 is 0. The standard InChI is InChI=1S/C31H37FO2/c1-4-6-8-11-23-31(3,32)30(33)34-27-21-19-26(20-22-27)29-14-10-9-13-28(29)25-17-15-24(16-18-25)12-7-5-2/h9-10,13-22H,4-8,11-12,23H2,1-3H3. The molecule has 0 bridgehead atoms. The van der Waals surface area contributed by atoms with Gasteiger partial charge in [-0.25, -0.2) is 9.18 Å². The van der Waals surface area contributed by atoms with Crippen molar-refractivity contribution >= 4 is 5.97 Å². The summed E-state index contributed by atoms with van der Waals surface area (Å²) in [7, 11) is 0. The second-order valence-corrected chi connectivity index (χ2v) is 9.27. The predicted octanol–water partition coefficient (Wildman–Crippen LogP) is 8.97. The maximum Gasteiger partial charge on any atom is 0.348 e. The molecular weight excluding hydrogens is 423 g/mol. The van der Waals surface area contributed by atoms with Crippen LogP contribution in [0.1, 0.15) is 71.3 Å². The molecular formula is C31H37FO2. The molecule has 1 atom stereocenters. The Hall–Kier alpha value is -2.94. The van der Waals surface area contributed by atoms with Gasteiger partial charge in [0.25, 0.3) is 0 Å². The van der Waals surface area contributed by atoms with E-state index in [2.05, 4.69) is 50.2 Å². The molecule has 34 heavy (non-hydrogen) atoms. The minimum Gasteiger partial charge on any atom is -0.424 e. The van der Waals surface area contributed by atoms with Gasteiger partial charge in [0, 0.05) is 0 Å². The van der Waals surface area contributed by atoms with E-state index in [1.807, 2.05) is 24.3 Å². The van der Waals surface area contributed by atoms with Crippen LogP contribution in [0.25, 0.3) is 22.3 Å². The number of aryl methyl sites for hydroxylation is 1. The molecule has 0 N–H and O–H groups in total. The van der Waals surface area contributed by atoms with Gasteiger partial charge >= 0.3 is 5.97 Å². The zero-order valence-electron chi connectivity index (χ0n) is 20.8. The van der Waals surface area contributed by atoms with E-state index in [1.54, 1.807) is 12.1 Å². The number of ether oxygens (including phenoxy) is 1. The molecule has 2 nitrogen and oxygen atoms in total. The fourth-order valence-corrected chi connectivity index (χ4v) is 4.12. The maximum absolute atomic E-state index is 14.8. The molecule has 180 valence electrons. The van der Waals surface area contributed by atoms with Gasteiger partial charge in [0.15, 0.2) is 0 Å². The van der Waals surface area contributed by atoms with Gasteiger partial charge in [-0.3, -0.25) is 0 Å². The van der Waals surface area contributed by atoms with Crippen molar-refractivity contribution < 1.29 is 13.9 Å². The summed E-state index contributed by atoms with van der Waals surface area (Å²) in [5.74, 6) is -0.454. The van der Waals surface area contributed by atoms with Crippen molar-refractivity contribution in [2.24, 2.45) is 0 Å². The molecule has 0 heterocycles. The van der Waals surface area contributed by atoms with Crippen LogP contribution in [0.5, 0.6) is 5.75 Å². The first-order valence-electron chi connectivity index (χ1n) is 12.6. The van der Waals surface area contributed by atoms with Gasteiger partial charge in [-0.2, -0.15) is 0 Å². The van der Waals surface area contributed by atoms with Crippen molar-refractivity contribution in [3.8, 4) is 28.0 Å². The van der Waals surface area contributed by atoms with Gasteiger partial charge in [0.05, 0.1) is 0 Å². The molecule has 0 spiro atoms. The van der Waals surface area contributed by atoms with Gasteiger partial charge in [-0.15, -0.1) is 0 Å². The van der Waals surface area contributed by atoms with E-state index < -0.39 is 11.6 Å². The normalized spacial score (nSPS) is 12.8. The molecule has 0 radical (unpaired) electrons. The summed E-state index contributed by atoms with van der Waals surface area (Å²) in [4.78, 5) is 12.4. The molecule has 0 saturated heterocycles. The Kier molecular flexibility index (Phi) is 9.44. The number of benzene rings is 3. The third kappa shape index (κ3) is 7.03. The lowest BCUT2D eigenvalue weighted by Crippen LogP contribution is -2.34. The highest BCUT2D eigenvalue weighted by atomic mass is 19.1. The monoisotopic (exact) mass is 460 g/mol. The van der Waals surface area contributed by atoms with E-state index in [0.29, 0.717) is 12.2 Å². The zero-order chi connectivity index (χ0) is 24.4. The summed E-state index contributed by atoms with van der Waals surface area (Å²) in [6, 6.07) is 24.4. The minimum absolute atomic E-state index is 0.189. The van der Waals surface area contributed by atoms with Crippen molar-refractivity contribution in [3.05, 3.63) is 78.4 Å². The van der Waals surface area contributed by atoms with Crippen LogP contribution in [0.3, 0.4) is 0 Å².